The number of aryl methyl sites for hydroxylation is 2. The Morgan fingerprint density at radius 2 is 2.00 bits per heavy atom. The standard InChI is InChI=1S/C17H20N4O2S/c22-13-20-7-9-21(10-8-20)17(23)11-15-12-24-16(19-15)5-4-14-3-1-2-6-18-14/h1-3,6,12-13H,4-5,7-11H2. The minimum absolute atomic E-state index is 0.0853. The van der Waals surface area contributed by atoms with Gasteiger partial charge in [0.05, 0.1) is 17.1 Å². The summed E-state index contributed by atoms with van der Waals surface area (Å²) in [7, 11) is 0. The molecule has 0 atom stereocenters. The number of nitrogens with zero attached hydrogens (tertiary/aromatic N) is 4. The number of piperazine rings is 1. The Kier molecular flexibility index (Phi) is 5.53. The molecule has 7 heteroatoms. The van der Waals surface area contributed by atoms with Gasteiger partial charge in [0.25, 0.3) is 0 Å². The molecule has 0 bridgehead atoms. The third-order valence-corrected chi connectivity index (χ3v) is 5.03. The van der Waals surface area contributed by atoms with Crippen LogP contribution in [-0.2, 0) is 28.9 Å². The van der Waals surface area contributed by atoms with Crippen LogP contribution >= 0.6 is 11.3 Å². The fraction of sp³-hybridized carbons (Fsp3) is 0.412. The van der Waals surface area contributed by atoms with Gasteiger partial charge in [-0.3, -0.25) is 14.6 Å². The molecule has 0 saturated carbocycles. The molecule has 1 aliphatic heterocycles. The smallest absolute Gasteiger partial charge is 0.228 e. The van der Waals surface area contributed by atoms with E-state index in [4.69, 9.17) is 0 Å². The summed E-state index contributed by atoms with van der Waals surface area (Å²) in [5.41, 5.74) is 1.89. The molecular weight excluding hydrogens is 324 g/mol. The number of rotatable bonds is 6. The van der Waals surface area contributed by atoms with E-state index in [9.17, 15) is 9.59 Å². The van der Waals surface area contributed by atoms with Crippen LogP contribution in [0.5, 0.6) is 0 Å². The van der Waals surface area contributed by atoms with Gasteiger partial charge in [0, 0.05) is 49.9 Å². The average molecular weight is 344 g/mol. The number of hydrogen-bond donors (Lipinski definition) is 0. The van der Waals surface area contributed by atoms with Crippen LogP contribution in [0.2, 0.25) is 0 Å². The van der Waals surface area contributed by atoms with Gasteiger partial charge < -0.3 is 9.80 Å². The molecule has 24 heavy (non-hydrogen) atoms. The highest BCUT2D eigenvalue weighted by atomic mass is 32.1. The van der Waals surface area contributed by atoms with E-state index in [2.05, 4.69) is 9.97 Å². The average Bonchev–Trinajstić information content (AvgIpc) is 3.08. The number of carbonyl (C=O) groups excluding carboxylic acids is 2. The summed E-state index contributed by atoms with van der Waals surface area (Å²) >= 11 is 1.60. The minimum atomic E-state index is 0.0853. The summed E-state index contributed by atoms with van der Waals surface area (Å²) < 4.78 is 0. The Morgan fingerprint density at radius 1 is 1.17 bits per heavy atom. The lowest BCUT2D eigenvalue weighted by Crippen LogP contribution is -2.48. The van der Waals surface area contributed by atoms with Gasteiger partial charge in [0.1, 0.15) is 0 Å². The van der Waals surface area contributed by atoms with E-state index in [0.29, 0.717) is 32.6 Å². The third kappa shape index (κ3) is 4.38. The fourth-order valence-corrected chi connectivity index (χ4v) is 3.47. The maximum Gasteiger partial charge on any atom is 0.228 e. The summed E-state index contributed by atoms with van der Waals surface area (Å²) in [6, 6.07) is 5.90. The van der Waals surface area contributed by atoms with E-state index in [-0.39, 0.29) is 5.91 Å². The van der Waals surface area contributed by atoms with Gasteiger partial charge >= 0.3 is 0 Å². The van der Waals surface area contributed by atoms with Crippen molar-refractivity contribution in [2.75, 3.05) is 26.2 Å². The van der Waals surface area contributed by atoms with E-state index >= 15 is 0 Å². The van der Waals surface area contributed by atoms with E-state index in [0.717, 1.165) is 35.6 Å². The lowest BCUT2D eigenvalue weighted by atomic mass is 10.2. The lowest BCUT2D eigenvalue weighted by molar-refractivity contribution is -0.134. The SMILES string of the molecule is O=CN1CCN(C(=O)Cc2csc(CCc3ccccn3)n2)CC1. The second kappa shape index (κ2) is 8.01. The van der Waals surface area contributed by atoms with Gasteiger partial charge in [-0.1, -0.05) is 6.07 Å². The first-order chi connectivity index (χ1) is 11.7. The summed E-state index contributed by atoms with van der Waals surface area (Å²) in [5.74, 6) is 0.0853. The maximum absolute atomic E-state index is 12.3. The van der Waals surface area contributed by atoms with Crippen molar-refractivity contribution in [1.82, 2.24) is 19.8 Å². The monoisotopic (exact) mass is 344 g/mol. The fourth-order valence-electron chi connectivity index (χ4n) is 2.67. The molecule has 126 valence electrons. The quantitative estimate of drug-likeness (QED) is 0.738. The number of carbonyl (C=O) groups is 2. The van der Waals surface area contributed by atoms with Gasteiger partial charge in [0.15, 0.2) is 0 Å². The molecule has 0 aromatic carbocycles. The molecule has 0 radical (unpaired) electrons. The molecule has 0 N–H and O–H groups in total. The number of amides is 2. The van der Waals surface area contributed by atoms with Crippen molar-refractivity contribution >= 4 is 23.7 Å². The highest BCUT2D eigenvalue weighted by molar-refractivity contribution is 7.09. The number of aromatic nitrogens is 2. The van der Waals surface area contributed by atoms with Gasteiger partial charge in [-0.05, 0) is 18.6 Å². The minimum Gasteiger partial charge on any atom is -0.342 e. The first kappa shape index (κ1) is 16.6. The Balaban J connectivity index is 1.49. The predicted molar refractivity (Wildman–Crippen MR) is 91.7 cm³/mol. The molecule has 2 aromatic heterocycles. The lowest BCUT2D eigenvalue weighted by Gasteiger charge is -2.32. The normalized spacial score (nSPS) is 14.7. The van der Waals surface area contributed by atoms with Crippen LogP contribution in [0.25, 0.3) is 0 Å². The molecule has 1 fully saturated rings. The molecule has 0 aliphatic carbocycles. The van der Waals surface area contributed by atoms with Gasteiger partial charge in [-0.25, -0.2) is 4.98 Å². The Bertz CT molecular complexity index is 681. The van der Waals surface area contributed by atoms with Crippen molar-refractivity contribution in [3.63, 3.8) is 0 Å². The number of thiazole rings is 1. The van der Waals surface area contributed by atoms with Crippen molar-refractivity contribution in [1.29, 1.82) is 0 Å². The topological polar surface area (TPSA) is 66.4 Å². The summed E-state index contributed by atoms with van der Waals surface area (Å²) in [4.78, 5) is 35.4. The molecule has 0 spiro atoms. The highest BCUT2D eigenvalue weighted by Crippen LogP contribution is 2.14. The first-order valence-corrected chi connectivity index (χ1v) is 8.93. The number of pyridine rings is 1. The Morgan fingerprint density at radius 3 is 2.71 bits per heavy atom. The van der Waals surface area contributed by atoms with Crippen LogP contribution in [-0.4, -0.2) is 58.3 Å². The summed E-state index contributed by atoms with van der Waals surface area (Å²) in [5, 5.41) is 3.00. The van der Waals surface area contributed by atoms with Crippen molar-refractivity contribution in [2.24, 2.45) is 0 Å². The van der Waals surface area contributed by atoms with Crippen LogP contribution < -0.4 is 0 Å². The first-order valence-electron chi connectivity index (χ1n) is 8.05. The molecule has 2 aromatic rings. The zero-order valence-corrected chi connectivity index (χ0v) is 14.2. The largest absolute Gasteiger partial charge is 0.342 e. The van der Waals surface area contributed by atoms with E-state index in [1.165, 1.54) is 0 Å². The molecule has 3 rings (SSSR count). The summed E-state index contributed by atoms with van der Waals surface area (Å²) in [6.07, 6.45) is 4.67. The van der Waals surface area contributed by atoms with E-state index < -0.39 is 0 Å². The summed E-state index contributed by atoms with van der Waals surface area (Å²) in [6.45, 7) is 2.44. The van der Waals surface area contributed by atoms with E-state index in [1.54, 1.807) is 22.4 Å². The van der Waals surface area contributed by atoms with Crippen molar-refractivity contribution < 1.29 is 9.59 Å². The molecule has 3 heterocycles. The maximum atomic E-state index is 12.3. The van der Waals surface area contributed by atoms with Crippen molar-refractivity contribution in [2.45, 2.75) is 19.3 Å². The van der Waals surface area contributed by atoms with Crippen molar-refractivity contribution in [3.05, 3.63) is 46.2 Å². The molecule has 6 nitrogen and oxygen atoms in total. The molecule has 1 aliphatic rings. The molecular formula is C17H20N4O2S. The second-order valence-corrected chi connectivity index (χ2v) is 6.70. The zero-order valence-electron chi connectivity index (χ0n) is 13.4. The van der Waals surface area contributed by atoms with Crippen LogP contribution in [0, 0.1) is 0 Å². The van der Waals surface area contributed by atoms with Crippen molar-refractivity contribution in [3.8, 4) is 0 Å². The van der Waals surface area contributed by atoms with Gasteiger partial charge in [-0.2, -0.15) is 0 Å². The van der Waals surface area contributed by atoms with Gasteiger partial charge in [-0.15, -0.1) is 11.3 Å². The molecule has 1 saturated heterocycles. The highest BCUT2D eigenvalue weighted by Gasteiger charge is 2.20. The van der Waals surface area contributed by atoms with E-state index in [1.807, 2.05) is 28.5 Å². The second-order valence-electron chi connectivity index (χ2n) is 5.75. The Labute approximate surface area is 145 Å². The van der Waals surface area contributed by atoms with Crippen LogP contribution in [0.15, 0.2) is 29.8 Å². The third-order valence-electron chi connectivity index (χ3n) is 4.07. The van der Waals surface area contributed by atoms with Gasteiger partial charge in [0.2, 0.25) is 12.3 Å². The Hall–Kier alpha value is -2.28. The predicted octanol–water partition coefficient (Wildman–Crippen LogP) is 1.17. The molecule has 0 unspecified atom stereocenters. The van der Waals surface area contributed by atoms with Crippen LogP contribution in [0.4, 0.5) is 0 Å². The van der Waals surface area contributed by atoms with Crippen LogP contribution in [0.3, 0.4) is 0 Å². The molecule has 2 amide bonds. The number of hydrogen-bond acceptors (Lipinski definition) is 5. The zero-order chi connectivity index (χ0) is 16.8. The van der Waals surface area contributed by atoms with Crippen LogP contribution in [0.1, 0.15) is 16.4 Å².